The van der Waals surface area contributed by atoms with E-state index in [2.05, 4.69) is 69.7 Å². The van der Waals surface area contributed by atoms with E-state index in [4.69, 9.17) is 9.31 Å². The zero-order chi connectivity index (χ0) is 17.4. The largest absolute Gasteiger partial charge is 0.494 e. The molecule has 0 N–H and O–H groups in total. The molecule has 3 nitrogen and oxygen atoms in total. The van der Waals surface area contributed by atoms with E-state index >= 15 is 0 Å². The minimum absolute atomic E-state index is 0.312. The monoisotopic (exact) mass is 325 g/mol. The lowest BCUT2D eigenvalue weighted by Crippen LogP contribution is -2.41. The Morgan fingerprint density at radius 2 is 1.71 bits per heavy atom. The third kappa shape index (κ3) is 3.69. The molecule has 0 radical (unpaired) electrons. The Bertz CT molecular complexity index is 635. The van der Waals surface area contributed by atoms with Crippen LogP contribution in [0.25, 0.3) is 0 Å². The summed E-state index contributed by atoms with van der Waals surface area (Å²) in [7, 11) is 1.86. The maximum atomic E-state index is 6.14. The molecule has 128 valence electrons. The predicted octanol–water partition coefficient (Wildman–Crippen LogP) is 2.68. The molecule has 2 heterocycles. The maximum Gasteiger partial charge on any atom is 0.494 e. The van der Waals surface area contributed by atoms with Crippen LogP contribution in [0.1, 0.15) is 46.1 Å². The van der Waals surface area contributed by atoms with Crippen LogP contribution in [0.2, 0.25) is 0 Å². The topological polar surface area (TPSA) is 21.7 Å². The van der Waals surface area contributed by atoms with Crippen LogP contribution in [0.3, 0.4) is 0 Å². The van der Waals surface area contributed by atoms with Crippen molar-refractivity contribution in [3.63, 3.8) is 0 Å². The van der Waals surface area contributed by atoms with Crippen LogP contribution >= 0.6 is 0 Å². The van der Waals surface area contributed by atoms with Crippen molar-refractivity contribution in [2.75, 3.05) is 20.1 Å². The summed E-state index contributed by atoms with van der Waals surface area (Å²) in [6.45, 7) is 10.6. The Morgan fingerprint density at radius 1 is 1.08 bits per heavy atom. The fraction of sp³-hybridized carbons (Fsp3) is 0.600. The molecule has 0 bridgehead atoms. The lowest BCUT2D eigenvalue weighted by molar-refractivity contribution is 0.00578. The molecule has 1 aromatic rings. The first-order valence-electron chi connectivity index (χ1n) is 8.92. The van der Waals surface area contributed by atoms with Crippen LogP contribution < -0.4 is 5.46 Å². The lowest BCUT2D eigenvalue weighted by Gasteiger charge is -2.32. The second kappa shape index (κ2) is 6.56. The minimum Gasteiger partial charge on any atom is -0.399 e. The molecular formula is C20H28BNO2. The van der Waals surface area contributed by atoms with Crippen LogP contribution in [-0.4, -0.2) is 43.4 Å². The summed E-state index contributed by atoms with van der Waals surface area (Å²) in [4.78, 5) is 2.37. The maximum absolute atomic E-state index is 6.14. The molecule has 0 aliphatic carbocycles. The lowest BCUT2D eigenvalue weighted by atomic mass is 9.78. The zero-order valence-corrected chi connectivity index (χ0v) is 15.6. The van der Waals surface area contributed by atoms with E-state index in [0.717, 1.165) is 24.1 Å². The molecular weight excluding hydrogens is 297 g/mol. The van der Waals surface area contributed by atoms with Crippen molar-refractivity contribution in [3.05, 3.63) is 29.8 Å². The van der Waals surface area contributed by atoms with Gasteiger partial charge >= 0.3 is 7.12 Å². The third-order valence-electron chi connectivity index (χ3n) is 5.55. The molecule has 1 aromatic carbocycles. The van der Waals surface area contributed by atoms with Gasteiger partial charge in [-0.1, -0.05) is 24.0 Å². The highest BCUT2D eigenvalue weighted by atomic mass is 16.7. The first-order valence-corrected chi connectivity index (χ1v) is 8.92. The van der Waals surface area contributed by atoms with Crippen molar-refractivity contribution in [1.82, 2.24) is 4.90 Å². The summed E-state index contributed by atoms with van der Waals surface area (Å²) in [5.74, 6) is 7.32. The average molecular weight is 325 g/mol. The molecule has 3 rings (SSSR count). The van der Waals surface area contributed by atoms with Gasteiger partial charge in [0, 0.05) is 11.5 Å². The predicted molar refractivity (Wildman–Crippen MR) is 99.3 cm³/mol. The quantitative estimate of drug-likeness (QED) is 0.585. The minimum atomic E-state index is -0.319. The summed E-state index contributed by atoms with van der Waals surface area (Å²) >= 11 is 0. The van der Waals surface area contributed by atoms with Gasteiger partial charge in [0.25, 0.3) is 0 Å². The van der Waals surface area contributed by atoms with Gasteiger partial charge in [-0.3, -0.25) is 0 Å². The molecule has 0 aromatic heterocycles. The number of hydrogen-bond acceptors (Lipinski definition) is 3. The first kappa shape index (κ1) is 17.5. The van der Waals surface area contributed by atoms with E-state index in [1.165, 1.54) is 12.8 Å². The van der Waals surface area contributed by atoms with E-state index in [1.807, 2.05) is 6.07 Å². The molecule has 0 atom stereocenters. The Hall–Kier alpha value is -1.28. The SMILES string of the molecule is CN1CCC(C#Cc2cccc(B3OC(C)(C)C(C)(C)O3)c2)CC1. The summed E-state index contributed by atoms with van der Waals surface area (Å²) in [5, 5.41) is 0. The summed E-state index contributed by atoms with van der Waals surface area (Å²) in [6, 6.07) is 8.27. The number of benzene rings is 1. The molecule has 0 unspecified atom stereocenters. The van der Waals surface area contributed by atoms with E-state index < -0.39 is 0 Å². The molecule has 0 saturated carbocycles. The molecule has 2 aliphatic heterocycles. The van der Waals surface area contributed by atoms with Crippen molar-refractivity contribution in [1.29, 1.82) is 0 Å². The third-order valence-corrected chi connectivity index (χ3v) is 5.55. The van der Waals surface area contributed by atoms with Crippen molar-refractivity contribution in [2.24, 2.45) is 5.92 Å². The van der Waals surface area contributed by atoms with Crippen molar-refractivity contribution in [3.8, 4) is 11.8 Å². The highest BCUT2D eigenvalue weighted by molar-refractivity contribution is 6.62. The van der Waals surface area contributed by atoms with Crippen molar-refractivity contribution >= 4 is 12.6 Å². The second-order valence-electron chi connectivity index (χ2n) is 8.06. The fourth-order valence-electron chi connectivity index (χ4n) is 3.08. The van der Waals surface area contributed by atoms with E-state index in [1.54, 1.807) is 0 Å². The number of rotatable bonds is 1. The van der Waals surface area contributed by atoms with Gasteiger partial charge in [0.15, 0.2) is 0 Å². The Kier molecular flexibility index (Phi) is 4.79. The Morgan fingerprint density at radius 3 is 2.33 bits per heavy atom. The average Bonchev–Trinajstić information content (AvgIpc) is 2.75. The molecule has 2 aliphatic rings. The first-order chi connectivity index (χ1) is 11.3. The van der Waals surface area contributed by atoms with Crippen LogP contribution in [0, 0.1) is 17.8 Å². The van der Waals surface area contributed by atoms with E-state index in [9.17, 15) is 0 Å². The van der Waals surface area contributed by atoms with Gasteiger partial charge in [-0.05, 0) is 78.3 Å². The summed E-state index contributed by atoms with van der Waals surface area (Å²) in [6.07, 6.45) is 2.33. The Balaban J connectivity index is 1.72. The number of nitrogens with zero attached hydrogens (tertiary/aromatic N) is 1. The van der Waals surface area contributed by atoms with E-state index in [-0.39, 0.29) is 18.3 Å². The number of hydrogen-bond donors (Lipinski definition) is 0. The van der Waals surface area contributed by atoms with Crippen LogP contribution in [0.5, 0.6) is 0 Å². The molecule has 4 heteroatoms. The van der Waals surface area contributed by atoms with Gasteiger partial charge in [-0.2, -0.15) is 0 Å². The van der Waals surface area contributed by atoms with Gasteiger partial charge < -0.3 is 14.2 Å². The second-order valence-corrected chi connectivity index (χ2v) is 8.06. The molecule has 2 fully saturated rings. The normalized spacial score (nSPS) is 23.8. The number of piperidine rings is 1. The van der Waals surface area contributed by atoms with Gasteiger partial charge in [-0.25, -0.2) is 0 Å². The Labute approximate surface area is 146 Å². The highest BCUT2D eigenvalue weighted by Gasteiger charge is 2.51. The van der Waals surface area contributed by atoms with Gasteiger partial charge in [0.2, 0.25) is 0 Å². The van der Waals surface area contributed by atoms with Crippen LogP contribution in [0.15, 0.2) is 24.3 Å². The molecule has 0 amide bonds. The van der Waals surface area contributed by atoms with Crippen molar-refractivity contribution < 1.29 is 9.31 Å². The van der Waals surface area contributed by atoms with E-state index in [0.29, 0.717) is 5.92 Å². The van der Waals surface area contributed by atoms with Crippen molar-refractivity contribution in [2.45, 2.75) is 51.7 Å². The summed E-state index contributed by atoms with van der Waals surface area (Å²) < 4.78 is 12.3. The number of likely N-dealkylation sites (tertiary alicyclic amines) is 1. The van der Waals surface area contributed by atoms with Gasteiger partial charge in [0.1, 0.15) is 0 Å². The fourth-order valence-corrected chi connectivity index (χ4v) is 3.08. The molecule has 2 saturated heterocycles. The highest BCUT2D eigenvalue weighted by Crippen LogP contribution is 2.36. The van der Waals surface area contributed by atoms with Crippen LogP contribution in [-0.2, 0) is 9.31 Å². The zero-order valence-electron chi connectivity index (χ0n) is 15.6. The standard InChI is InChI=1S/C20H28BNO2/c1-19(2)20(3,4)24-21(23-19)18-8-6-7-17(15-18)10-9-16-11-13-22(5)14-12-16/h6-8,15-16H,11-14H2,1-5H3. The van der Waals surface area contributed by atoms with Gasteiger partial charge in [-0.15, -0.1) is 0 Å². The van der Waals surface area contributed by atoms with Crippen LogP contribution in [0.4, 0.5) is 0 Å². The molecule has 0 spiro atoms. The smallest absolute Gasteiger partial charge is 0.399 e. The molecule has 24 heavy (non-hydrogen) atoms. The van der Waals surface area contributed by atoms with Gasteiger partial charge in [0.05, 0.1) is 11.2 Å². The summed E-state index contributed by atoms with van der Waals surface area (Å²) in [5.41, 5.74) is 1.46.